The van der Waals surface area contributed by atoms with Crippen molar-refractivity contribution in [2.75, 3.05) is 31.7 Å². The van der Waals surface area contributed by atoms with Gasteiger partial charge < -0.3 is 25.3 Å². The summed E-state index contributed by atoms with van der Waals surface area (Å²) in [5.41, 5.74) is 7.05. The molecule has 8 nitrogen and oxygen atoms in total. The second-order valence-electron chi connectivity index (χ2n) is 6.83. The zero-order chi connectivity index (χ0) is 20.2. The lowest BCUT2D eigenvalue weighted by Gasteiger charge is -2.25. The Labute approximate surface area is 168 Å². The van der Waals surface area contributed by atoms with Gasteiger partial charge in [0.2, 0.25) is 0 Å². The molecule has 8 heteroatoms. The third kappa shape index (κ3) is 4.07. The SMILES string of the molecule is COc1cc(O)cc(N(CCCO)c2ccc3ncc(C4C=NNC4)nc3c2)c1. The molecule has 150 valence electrons. The number of nitrogens with one attached hydrogen (secondary N) is 1. The molecular formula is C21H23N5O3. The van der Waals surface area contributed by atoms with E-state index in [1.54, 1.807) is 25.4 Å². The smallest absolute Gasteiger partial charge is 0.124 e. The number of aromatic nitrogens is 2. The van der Waals surface area contributed by atoms with E-state index >= 15 is 0 Å². The van der Waals surface area contributed by atoms with E-state index in [0.717, 1.165) is 28.1 Å². The summed E-state index contributed by atoms with van der Waals surface area (Å²) in [4.78, 5) is 11.3. The molecule has 4 rings (SSSR count). The van der Waals surface area contributed by atoms with Crippen molar-refractivity contribution in [2.45, 2.75) is 12.3 Å². The third-order valence-electron chi connectivity index (χ3n) is 4.86. The van der Waals surface area contributed by atoms with Gasteiger partial charge in [0.15, 0.2) is 0 Å². The number of aliphatic hydroxyl groups excluding tert-OH is 1. The number of ether oxygens (including phenoxy) is 1. The fourth-order valence-electron chi connectivity index (χ4n) is 3.37. The number of phenolic OH excluding ortho intramolecular Hbond substituents is 1. The highest BCUT2D eigenvalue weighted by molar-refractivity contribution is 5.82. The van der Waals surface area contributed by atoms with Crippen molar-refractivity contribution in [1.29, 1.82) is 0 Å². The van der Waals surface area contributed by atoms with Gasteiger partial charge in [0.05, 0.1) is 29.8 Å². The molecule has 0 radical (unpaired) electrons. The van der Waals surface area contributed by atoms with E-state index in [1.165, 1.54) is 0 Å². The van der Waals surface area contributed by atoms with Crippen LogP contribution in [-0.2, 0) is 0 Å². The monoisotopic (exact) mass is 393 g/mol. The number of fused-ring (bicyclic) bond motifs is 1. The molecular weight excluding hydrogens is 370 g/mol. The van der Waals surface area contributed by atoms with Crippen LogP contribution in [0.4, 0.5) is 11.4 Å². The van der Waals surface area contributed by atoms with E-state index in [0.29, 0.717) is 25.3 Å². The highest BCUT2D eigenvalue weighted by atomic mass is 16.5. The Bertz CT molecular complexity index is 1040. The van der Waals surface area contributed by atoms with E-state index in [-0.39, 0.29) is 18.3 Å². The molecule has 0 saturated carbocycles. The van der Waals surface area contributed by atoms with Gasteiger partial charge in [-0.15, -0.1) is 0 Å². The zero-order valence-corrected chi connectivity index (χ0v) is 16.1. The van der Waals surface area contributed by atoms with Crippen molar-refractivity contribution in [1.82, 2.24) is 15.4 Å². The van der Waals surface area contributed by atoms with Crippen molar-refractivity contribution >= 4 is 28.6 Å². The number of methoxy groups -OCH3 is 1. The molecule has 0 fully saturated rings. The van der Waals surface area contributed by atoms with Crippen molar-refractivity contribution in [2.24, 2.45) is 5.10 Å². The highest BCUT2D eigenvalue weighted by Gasteiger charge is 2.17. The molecule has 3 aromatic rings. The molecule has 2 heterocycles. The van der Waals surface area contributed by atoms with Crippen LogP contribution in [0.1, 0.15) is 18.0 Å². The number of benzene rings is 2. The molecule has 0 saturated heterocycles. The fraction of sp³-hybridized carbons (Fsp3) is 0.286. The van der Waals surface area contributed by atoms with Gasteiger partial charge in [0.1, 0.15) is 11.5 Å². The van der Waals surface area contributed by atoms with Gasteiger partial charge in [-0.3, -0.25) is 4.98 Å². The maximum Gasteiger partial charge on any atom is 0.124 e. The first-order valence-corrected chi connectivity index (χ1v) is 9.47. The summed E-state index contributed by atoms with van der Waals surface area (Å²) in [6.07, 6.45) is 4.20. The van der Waals surface area contributed by atoms with Gasteiger partial charge in [-0.25, -0.2) is 4.98 Å². The minimum Gasteiger partial charge on any atom is -0.508 e. The third-order valence-corrected chi connectivity index (χ3v) is 4.86. The largest absolute Gasteiger partial charge is 0.508 e. The summed E-state index contributed by atoms with van der Waals surface area (Å²) in [6, 6.07) is 10.9. The molecule has 1 unspecified atom stereocenters. The normalized spacial score (nSPS) is 15.4. The molecule has 0 spiro atoms. The molecule has 0 bridgehead atoms. The van der Waals surface area contributed by atoms with Gasteiger partial charge in [-0.2, -0.15) is 5.10 Å². The number of aliphatic hydroxyl groups is 1. The number of hydrogen-bond acceptors (Lipinski definition) is 8. The van der Waals surface area contributed by atoms with E-state index < -0.39 is 0 Å². The second-order valence-corrected chi connectivity index (χ2v) is 6.83. The van der Waals surface area contributed by atoms with E-state index in [4.69, 9.17) is 9.72 Å². The van der Waals surface area contributed by atoms with Crippen LogP contribution in [0, 0.1) is 0 Å². The Morgan fingerprint density at radius 3 is 2.83 bits per heavy atom. The van der Waals surface area contributed by atoms with E-state index in [1.807, 2.05) is 35.4 Å². The van der Waals surface area contributed by atoms with Crippen molar-refractivity contribution in [3.05, 3.63) is 48.3 Å². The average Bonchev–Trinajstić information content (AvgIpc) is 3.28. The van der Waals surface area contributed by atoms with Crippen molar-refractivity contribution in [3.63, 3.8) is 0 Å². The number of hydrazone groups is 1. The predicted octanol–water partition coefficient (Wildman–Crippen LogP) is 2.54. The number of anilines is 2. The summed E-state index contributed by atoms with van der Waals surface area (Å²) in [5, 5.41) is 23.5. The Hall–Kier alpha value is -3.39. The Morgan fingerprint density at radius 1 is 1.17 bits per heavy atom. The molecule has 29 heavy (non-hydrogen) atoms. The first-order chi connectivity index (χ1) is 14.2. The molecule has 3 N–H and O–H groups in total. The Kier molecular flexibility index (Phi) is 5.44. The average molecular weight is 393 g/mol. The van der Waals surface area contributed by atoms with Crippen LogP contribution >= 0.6 is 0 Å². The second kappa shape index (κ2) is 8.32. The zero-order valence-electron chi connectivity index (χ0n) is 16.1. The number of aromatic hydroxyl groups is 1. The highest BCUT2D eigenvalue weighted by Crippen LogP contribution is 2.33. The first kappa shape index (κ1) is 18.9. The lowest BCUT2D eigenvalue weighted by molar-refractivity contribution is 0.291. The van der Waals surface area contributed by atoms with Crippen molar-refractivity contribution < 1.29 is 14.9 Å². The van der Waals surface area contributed by atoms with Crippen LogP contribution in [0.3, 0.4) is 0 Å². The summed E-state index contributed by atoms with van der Waals surface area (Å²) >= 11 is 0. The lowest BCUT2D eigenvalue weighted by Crippen LogP contribution is -2.19. The molecule has 1 aliphatic heterocycles. The molecule has 1 aromatic heterocycles. The molecule has 1 aliphatic rings. The van der Waals surface area contributed by atoms with Crippen LogP contribution in [0.2, 0.25) is 0 Å². The van der Waals surface area contributed by atoms with E-state index in [2.05, 4.69) is 15.5 Å². The Balaban J connectivity index is 1.75. The van der Waals surface area contributed by atoms with Crippen LogP contribution in [0.5, 0.6) is 11.5 Å². The summed E-state index contributed by atoms with van der Waals surface area (Å²) in [7, 11) is 1.56. The van der Waals surface area contributed by atoms with Gasteiger partial charge in [0, 0.05) is 61.7 Å². The molecule has 0 aliphatic carbocycles. The van der Waals surface area contributed by atoms with Crippen LogP contribution in [0.25, 0.3) is 11.0 Å². The summed E-state index contributed by atoms with van der Waals surface area (Å²) in [6.45, 7) is 1.35. The van der Waals surface area contributed by atoms with Gasteiger partial charge in [-0.05, 0) is 24.6 Å². The van der Waals surface area contributed by atoms with Crippen LogP contribution in [-0.4, -0.2) is 53.2 Å². The minimum atomic E-state index is 0.0675. The summed E-state index contributed by atoms with van der Waals surface area (Å²) in [5.74, 6) is 0.783. The van der Waals surface area contributed by atoms with Crippen LogP contribution in [0.15, 0.2) is 47.7 Å². The van der Waals surface area contributed by atoms with Gasteiger partial charge in [0.25, 0.3) is 0 Å². The lowest BCUT2D eigenvalue weighted by atomic mass is 10.1. The van der Waals surface area contributed by atoms with Crippen molar-refractivity contribution in [3.8, 4) is 11.5 Å². The van der Waals surface area contributed by atoms with E-state index in [9.17, 15) is 10.2 Å². The molecule has 0 amide bonds. The number of hydrogen-bond donors (Lipinski definition) is 3. The number of nitrogens with zero attached hydrogens (tertiary/aromatic N) is 4. The predicted molar refractivity (Wildman–Crippen MR) is 112 cm³/mol. The number of phenols is 1. The maximum absolute atomic E-state index is 10.1. The van der Waals surface area contributed by atoms with Gasteiger partial charge in [-0.1, -0.05) is 0 Å². The maximum atomic E-state index is 10.1. The summed E-state index contributed by atoms with van der Waals surface area (Å²) < 4.78 is 5.29. The molecule has 1 atom stereocenters. The Morgan fingerprint density at radius 2 is 2.07 bits per heavy atom. The topological polar surface area (TPSA) is 103 Å². The fourth-order valence-corrected chi connectivity index (χ4v) is 3.37. The van der Waals surface area contributed by atoms with Gasteiger partial charge >= 0.3 is 0 Å². The van der Waals surface area contributed by atoms with Crippen LogP contribution < -0.4 is 15.1 Å². The number of rotatable bonds is 7. The first-order valence-electron chi connectivity index (χ1n) is 9.47. The minimum absolute atomic E-state index is 0.0675. The molecule has 2 aromatic carbocycles. The standard InChI is InChI=1S/C21H23N5O3/c1-29-18-8-16(7-17(28)10-18)26(5-2-6-27)15-3-4-19-20(9-15)25-21(13-22-19)14-11-23-24-12-14/h3-4,7-11,13-14,24,27-28H,2,5-6,12H2,1H3. The quantitative estimate of drug-likeness (QED) is 0.567.